The fourth-order valence-electron chi connectivity index (χ4n) is 5.06. The Bertz CT molecular complexity index is 889. The van der Waals surface area contributed by atoms with Crippen LogP contribution in [0, 0.1) is 5.92 Å². The third-order valence-electron chi connectivity index (χ3n) is 6.75. The molecule has 2 saturated heterocycles. The molecule has 3 aliphatic rings. The van der Waals surface area contributed by atoms with Crippen LogP contribution < -0.4 is 15.5 Å². The van der Waals surface area contributed by atoms with Gasteiger partial charge in [-0.1, -0.05) is 6.92 Å². The molecule has 1 unspecified atom stereocenters. The lowest BCUT2D eigenvalue weighted by Gasteiger charge is -2.41. The number of anilines is 1. The van der Waals surface area contributed by atoms with E-state index in [1.165, 1.54) is 24.1 Å². The van der Waals surface area contributed by atoms with E-state index in [9.17, 15) is 4.79 Å². The van der Waals surface area contributed by atoms with Gasteiger partial charge in [-0.3, -0.25) is 9.69 Å². The molecule has 5 rings (SSSR count). The summed E-state index contributed by atoms with van der Waals surface area (Å²) in [6, 6.07) is 2.47. The number of likely N-dealkylation sites (N-methyl/N-ethyl adjacent to an activating group) is 1. The van der Waals surface area contributed by atoms with E-state index in [0.29, 0.717) is 6.04 Å². The van der Waals surface area contributed by atoms with E-state index < -0.39 is 0 Å². The second kappa shape index (κ2) is 7.91. The lowest BCUT2D eigenvalue weighted by Crippen LogP contribution is -2.55. The Morgan fingerprint density at radius 1 is 1.31 bits per heavy atom. The van der Waals surface area contributed by atoms with Crippen molar-refractivity contribution < 1.29 is 4.79 Å². The van der Waals surface area contributed by atoms with Crippen LogP contribution in [0.2, 0.25) is 0 Å². The zero-order valence-electron chi connectivity index (χ0n) is 17.2. The van der Waals surface area contributed by atoms with Crippen molar-refractivity contribution in [3.05, 3.63) is 23.5 Å². The van der Waals surface area contributed by atoms with Crippen molar-refractivity contribution >= 4 is 17.4 Å². The molecule has 0 aromatic carbocycles. The highest BCUT2D eigenvalue weighted by molar-refractivity contribution is 5.82. The van der Waals surface area contributed by atoms with Gasteiger partial charge in [0.05, 0.1) is 17.8 Å². The van der Waals surface area contributed by atoms with Crippen LogP contribution in [0.25, 0.3) is 5.65 Å². The Balaban J connectivity index is 1.27. The summed E-state index contributed by atoms with van der Waals surface area (Å²) in [4.78, 5) is 22.3. The van der Waals surface area contributed by atoms with Gasteiger partial charge in [0.2, 0.25) is 5.91 Å². The number of rotatable bonds is 5. The molecule has 8 nitrogen and oxygen atoms in total. The summed E-state index contributed by atoms with van der Waals surface area (Å²) >= 11 is 0. The van der Waals surface area contributed by atoms with Crippen molar-refractivity contribution in [3.8, 4) is 0 Å². The second-order valence-electron chi connectivity index (χ2n) is 8.48. The fourth-order valence-corrected chi connectivity index (χ4v) is 5.06. The quantitative estimate of drug-likeness (QED) is 0.763. The summed E-state index contributed by atoms with van der Waals surface area (Å²) in [5.74, 6) is 1.39. The van der Waals surface area contributed by atoms with Crippen molar-refractivity contribution in [1.82, 2.24) is 30.1 Å². The number of carbonyl (C=O) groups excluding carboxylic acids is 1. The Hall–Kier alpha value is -2.19. The maximum atomic E-state index is 12.7. The molecule has 0 aliphatic carbocycles. The van der Waals surface area contributed by atoms with Crippen LogP contribution >= 0.6 is 0 Å². The van der Waals surface area contributed by atoms with Crippen molar-refractivity contribution in [3.63, 3.8) is 0 Å². The van der Waals surface area contributed by atoms with Crippen LogP contribution in [0.1, 0.15) is 31.0 Å². The largest absolute Gasteiger partial charge is 0.354 e. The molecular weight excluding hydrogens is 366 g/mol. The first-order valence-corrected chi connectivity index (χ1v) is 11.1. The molecule has 8 heteroatoms. The van der Waals surface area contributed by atoms with Gasteiger partial charge in [-0.15, -0.1) is 0 Å². The van der Waals surface area contributed by atoms with Gasteiger partial charge >= 0.3 is 0 Å². The van der Waals surface area contributed by atoms with Crippen molar-refractivity contribution in [2.24, 2.45) is 5.92 Å². The number of nitrogens with one attached hydrogen (secondary N) is 2. The molecule has 2 aromatic rings. The number of nitrogens with zero attached hydrogens (tertiary/aromatic N) is 5. The van der Waals surface area contributed by atoms with E-state index >= 15 is 0 Å². The molecule has 3 aliphatic heterocycles. The number of likely N-dealkylation sites (tertiary alicyclic amines) is 1. The van der Waals surface area contributed by atoms with Gasteiger partial charge in [-0.2, -0.15) is 9.61 Å². The number of amides is 1. The second-order valence-corrected chi connectivity index (χ2v) is 8.48. The maximum Gasteiger partial charge on any atom is 0.226 e. The monoisotopic (exact) mass is 397 g/mol. The summed E-state index contributed by atoms with van der Waals surface area (Å²) in [5, 5.41) is 11.2. The topological polar surface area (TPSA) is 77.8 Å². The zero-order valence-corrected chi connectivity index (χ0v) is 17.2. The van der Waals surface area contributed by atoms with Gasteiger partial charge in [0.1, 0.15) is 5.82 Å². The molecule has 29 heavy (non-hydrogen) atoms. The smallest absolute Gasteiger partial charge is 0.226 e. The van der Waals surface area contributed by atoms with E-state index in [4.69, 9.17) is 4.98 Å². The van der Waals surface area contributed by atoms with Crippen LogP contribution in [0.5, 0.6) is 0 Å². The molecule has 0 bridgehead atoms. The predicted octanol–water partition coefficient (Wildman–Crippen LogP) is 0.454. The minimum absolute atomic E-state index is 0.0600. The highest BCUT2D eigenvalue weighted by Gasteiger charge is 2.36. The summed E-state index contributed by atoms with van der Waals surface area (Å²) < 4.78 is 1.95. The van der Waals surface area contributed by atoms with Crippen molar-refractivity contribution in [2.45, 2.75) is 38.6 Å². The molecule has 0 spiro atoms. The van der Waals surface area contributed by atoms with E-state index in [-0.39, 0.29) is 11.8 Å². The summed E-state index contributed by atoms with van der Waals surface area (Å²) in [6.45, 7) is 8.65. The average Bonchev–Trinajstić information content (AvgIpc) is 3.28. The molecule has 2 fully saturated rings. The third kappa shape index (κ3) is 3.48. The summed E-state index contributed by atoms with van der Waals surface area (Å²) in [6.07, 6.45) is 6.15. The van der Waals surface area contributed by atoms with Crippen molar-refractivity contribution in [2.75, 3.05) is 50.7 Å². The minimum atomic E-state index is 0.0600. The lowest BCUT2D eigenvalue weighted by atomic mass is 9.97. The van der Waals surface area contributed by atoms with Gasteiger partial charge in [0.15, 0.2) is 5.65 Å². The first kappa shape index (κ1) is 18.8. The first-order chi connectivity index (χ1) is 14.2. The van der Waals surface area contributed by atoms with Crippen LogP contribution in [-0.4, -0.2) is 77.3 Å². The van der Waals surface area contributed by atoms with Crippen LogP contribution in [0.4, 0.5) is 5.82 Å². The molecular formula is C21H31N7O. The number of hydrogen-bond acceptors (Lipinski definition) is 6. The van der Waals surface area contributed by atoms with E-state index in [2.05, 4.69) is 32.5 Å². The summed E-state index contributed by atoms with van der Waals surface area (Å²) in [5.41, 5.74) is 3.36. The molecule has 0 saturated carbocycles. The van der Waals surface area contributed by atoms with Gasteiger partial charge in [0, 0.05) is 50.3 Å². The molecule has 2 aromatic heterocycles. The Kier molecular flexibility index (Phi) is 5.13. The number of fused-ring (bicyclic) bond motifs is 2. The molecule has 156 valence electrons. The lowest BCUT2D eigenvalue weighted by molar-refractivity contribution is -0.125. The first-order valence-electron chi connectivity index (χ1n) is 11.1. The molecule has 5 heterocycles. The van der Waals surface area contributed by atoms with E-state index in [0.717, 1.165) is 70.1 Å². The van der Waals surface area contributed by atoms with E-state index in [1.807, 2.05) is 16.8 Å². The Morgan fingerprint density at radius 2 is 2.17 bits per heavy atom. The van der Waals surface area contributed by atoms with Gasteiger partial charge < -0.3 is 15.5 Å². The van der Waals surface area contributed by atoms with Gasteiger partial charge in [-0.05, 0) is 38.9 Å². The van der Waals surface area contributed by atoms with Crippen LogP contribution in [0.15, 0.2) is 12.3 Å². The number of aromatic nitrogens is 3. The number of carbonyl (C=O) groups is 1. The van der Waals surface area contributed by atoms with E-state index in [1.54, 1.807) is 0 Å². The SMILES string of the molecule is CCN1CCCC1CNC(=O)C1CN(c2c3c(nc4ccnn24)CCNCC3)C1. The van der Waals surface area contributed by atoms with Crippen LogP contribution in [0.3, 0.4) is 0 Å². The minimum Gasteiger partial charge on any atom is -0.354 e. The predicted molar refractivity (Wildman–Crippen MR) is 112 cm³/mol. The molecule has 1 atom stereocenters. The zero-order chi connectivity index (χ0) is 19.8. The van der Waals surface area contributed by atoms with Crippen molar-refractivity contribution in [1.29, 1.82) is 0 Å². The van der Waals surface area contributed by atoms with Gasteiger partial charge in [-0.25, -0.2) is 4.98 Å². The fraction of sp³-hybridized carbons (Fsp3) is 0.667. The Labute approximate surface area is 171 Å². The molecule has 2 N–H and O–H groups in total. The van der Waals surface area contributed by atoms with Crippen LogP contribution in [-0.2, 0) is 17.6 Å². The third-order valence-corrected chi connectivity index (χ3v) is 6.75. The standard InChI is InChI=1S/C21H31N7O/c1-2-26-11-3-4-16(26)12-23-20(29)15-13-27(14-15)21-17-5-8-22-9-6-18(17)25-19-7-10-24-28(19)21/h7,10,15-16,22H,2-6,8-9,11-14H2,1H3,(H,23,29). The molecule has 0 radical (unpaired) electrons. The van der Waals surface area contributed by atoms with Gasteiger partial charge in [0.25, 0.3) is 0 Å². The highest BCUT2D eigenvalue weighted by Crippen LogP contribution is 2.31. The summed E-state index contributed by atoms with van der Waals surface area (Å²) in [7, 11) is 0. The molecule has 1 amide bonds. The number of hydrogen-bond donors (Lipinski definition) is 2. The highest BCUT2D eigenvalue weighted by atomic mass is 16.2. The average molecular weight is 398 g/mol. The Morgan fingerprint density at radius 3 is 3.03 bits per heavy atom. The normalized spacial score (nSPS) is 23.1. The maximum absolute atomic E-state index is 12.7.